The quantitative estimate of drug-likeness (QED) is 0.0503. The number of ether oxygens (including phenoxy) is 1. The molecule has 1 aliphatic heterocycles. The van der Waals surface area contributed by atoms with E-state index in [-0.39, 0.29) is 41.4 Å². The number of rotatable bonds is 19. The normalized spacial score (nSPS) is 22.0. The molecule has 7 atom stereocenters. The average molecular weight is 631 g/mol. The van der Waals surface area contributed by atoms with E-state index in [4.69, 9.17) is 4.74 Å². The first-order valence-electron chi connectivity index (χ1n) is 15.4. The summed E-state index contributed by atoms with van der Waals surface area (Å²) in [5, 5.41) is 10.9. The smallest absolute Gasteiger partial charge is 0.331 e. The molecule has 0 aliphatic carbocycles. The Kier molecular flexibility index (Phi) is 18.8. The van der Waals surface area contributed by atoms with Crippen molar-refractivity contribution in [3.05, 3.63) is 71.4 Å². The van der Waals surface area contributed by atoms with Crippen LogP contribution < -0.4 is 0 Å². The van der Waals surface area contributed by atoms with Gasteiger partial charge in [0, 0.05) is 36.0 Å². The molecule has 0 aromatic carbocycles. The highest BCUT2D eigenvalue weighted by Crippen LogP contribution is 2.24. The lowest BCUT2D eigenvalue weighted by Gasteiger charge is -2.25. The highest BCUT2D eigenvalue weighted by molar-refractivity contribution is 8.76. The van der Waals surface area contributed by atoms with Gasteiger partial charge in [-0.05, 0) is 70.3 Å². The Bertz CT molecular complexity index is 1100. The van der Waals surface area contributed by atoms with Gasteiger partial charge in [-0.3, -0.25) is 9.59 Å². The molecule has 0 aromatic heterocycles. The molecule has 0 saturated carbocycles. The SMILES string of the molecule is CSSCCCC(=O)/C=C(\C)C[C@H](C)[C@@H](O)[C@H](C)C(=O)[C@H](C)/C=C(C)/C=C/C[C@@H](C)/C=C(C)\C=C\[C@@H]1OC(=O)C=C[C@@H]1C. The molecule has 1 heterocycles. The molecule has 240 valence electrons. The minimum Gasteiger partial charge on any atom is -0.454 e. The predicted molar refractivity (Wildman–Crippen MR) is 185 cm³/mol. The van der Waals surface area contributed by atoms with Gasteiger partial charge in [0.05, 0.1) is 6.10 Å². The molecule has 0 unspecified atom stereocenters. The fourth-order valence-electron chi connectivity index (χ4n) is 5.15. The summed E-state index contributed by atoms with van der Waals surface area (Å²) in [6, 6.07) is 0. The van der Waals surface area contributed by atoms with Crippen molar-refractivity contribution in [2.24, 2.45) is 29.6 Å². The van der Waals surface area contributed by atoms with Crippen molar-refractivity contribution in [3.8, 4) is 0 Å². The molecule has 5 nitrogen and oxygen atoms in total. The van der Waals surface area contributed by atoms with E-state index in [1.807, 2.05) is 78.2 Å². The maximum Gasteiger partial charge on any atom is 0.331 e. The Morgan fingerprint density at radius 3 is 2.42 bits per heavy atom. The van der Waals surface area contributed by atoms with Crippen LogP contribution in [0.1, 0.15) is 81.1 Å². The van der Waals surface area contributed by atoms with Gasteiger partial charge in [0.2, 0.25) is 0 Å². The Hall–Kier alpha value is -2.09. The van der Waals surface area contributed by atoms with Crippen molar-refractivity contribution in [2.45, 2.75) is 93.3 Å². The number of aliphatic hydroxyl groups is 1. The van der Waals surface area contributed by atoms with Gasteiger partial charge in [-0.2, -0.15) is 0 Å². The zero-order valence-corrected chi connectivity index (χ0v) is 29.3. The lowest BCUT2D eigenvalue weighted by Crippen LogP contribution is -2.34. The molecule has 43 heavy (non-hydrogen) atoms. The standard InChI is InChI=1S/C36H54O5S2/c1-24(20-26(3)15-17-33-28(5)16-18-34(38)41-33)12-10-13-25(2)21-29(6)35(39)31(8)36(40)30(7)22-27(4)23-32(37)14-11-19-43-42-9/h10,13,15-18,20-21,23-24,28-31,33,36,40H,11-12,14,19,22H2,1-9H3/b13-10+,17-15+,25-21+,26-20-,27-23+/t24-,28+,29-,30+,31-,33+,36-/m1/s1. The summed E-state index contributed by atoms with van der Waals surface area (Å²) in [5.41, 5.74) is 3.07. The molecule has 0 radical (unpaired) electrons. The van der Waals surface area contributed by atoms with Gasteiger partial charge >= 0.3 is 5.97 Å². The Morgan fingerprint density at radius 1 is 1.07 bits per heavy atom. The first kappa shape index (κ1) is 38.9. The molecule has 0 amide bonds. The number of carbonyl (C=O) groups is 3. The average Bonchev–Trinajstić information content (AvgIpc) is 2.94. The van der Waals surface area contributed by atoms with Crippen molar-refractivity contribution >= 4 is 39.1 Å². The monoisotopic (exact) mass is 630 g/mol. The lowest BCUT2D eigenvalue weighted by molar-refractivity contribution is -0.143. The number of allylic oxidation sites excluding steroid dienone is 9. The number of esters is 1. The third-order valence-corrected chi connectivity index (χ3v) is 9.52. The van der Waals surface area contributed by atoms with Gasteiger partial charge in [-0.25, -0.2) is 4.79 Å². The van der Waals surface area contributed by atoms with Crippen molar-refractivity contribution < 1.29 is 24.2 Å². The molecular formula is C36H54O5S2. The summed E-state index contributed by atoms with van der Waals surface area (Å²) in [5.74, 6) is 0.353. The summed E-state index contributed by atoms with van der Waals surface area (Å²) in [6.45, 7) is 15.8. The zero-order chi connectivity index (χ0) is 32.5. The van der Waals surface area contributed by atoms with E-state index in [1.165, 1.54) is 6.08 Å². The fraction of sp³-hybridized carbons (Fsp3) is 0.583. The van der Waals surface area contributed by atoms with Crippen LogP contribution in [0.3, 0.4) is 0 Å². The summed E-state index contributed by atoms with van der Waals surface area (Å²) in [4.78, 5) is 36.8. The second-order valence-corrected chi connectivity index (χ2v) is 14.8. The van der Waals surface area contributed by atoms with Crippen LogP contribution in [0, 0.1) is 29.6 Å². The van der Waals surface area contributed by atoms with Crippen LogP contribution in [0.4, 0.5) is 0 Å². The minimum atomic E-state index is -0.773. The topological polar surface area (TPSA) is 80.7 Å². The molecule has 0 bridgehead atoms. The highest BCUT2D eigenvalue weighted by Gasteiger charge is 2.29. The van der Waals surface area contributed by atoms with Crippen molar-refractivity contribution in [3.63, 3.8) is 0 Å². The molecule has 7 heteroatoms. The summed E-state index contributed by atoms with van der Waals surface area (Å²) in [7, 11) is 3.47. The number of hydrogen-bond donors (Lipinski definition) is 1. The number of carbonyl (C=O) groups excluding carboxylic acids is 3. The van der Waals surface area contributed by atoms with E-state index in [0.717, 1.165) is 35.3 Å². The Morgan fingerprint density at radius 2 is 1.74 bits per heavy atom. The molecule has 1 aliphatic rings. The maximum absolute atomic E-state index is 13.1. The summed E-state index contributed by atoms with van der Waals surface area (Å²) < 4.78 is 5.37. The van der Waals surface area contributed by atoms with E-state index in [0.29, 0.717) is 18.8 Å². The van der Waals surface area contributed by atoms with Gasteiger partial charge in [-0.15, -0.1) is 0 Å². The van der Waals surface area contributed by atoms with Crippen LogP contribution >= 0.6 is 21.6 Å². The number of Topliss-reactive ketones (excluding diaryl/α,β-unsaturated/α-hetero) is 1. The van der Waals surface area contributed by atoms with E-state index < -0.39 is 12.0 Å². The Balaban J connectivity index is 2.60. The Labute approximate surface area is 268 Å². The van der Waals surface area contributed by atoms with Crippen molar-refractivity contribution in [1.82, 2.24) is 0 Å². The van der Waals surface area contributed by atoms with Crippen LogP contribution in [0.25, 0.3) is 0 Å². The maximum atomic E-state index is 13.1. The van der Waals surface area contributed by atoms with Crippen LogP contribution in [0.15, 0.2) is 71.4 Å². The number of cyclic esters (lactones) is 1. The number of hydrogen-bond acceptors (Lipinski definition) is 7. The van der Waals surface area contributed by atoms with Gasteiger partial charge in [0.15, 0.2) is 5.78 Å². The third-order valence-electron chi connectivity index (χ3n) is 7.62. The van der Waals surface area contributed by atoms with Crippen molar-refractivity contribution in [2.75, 3.05) is 12.0 Å². The molecule has 0 aromatic rings. The molecular weight excluding hydrogens is 577 g/mol. The second kappa shape index (κ2) is 20.8. The lowest BCUT2D eigenvalue weighted by atomic mass is 9.82. The number of aliphatic hydroxyl groups excluding tert-OH is 1. The van der Waals surface area contributed by atoms with Crippen LogP contribution in [0.2, 0.25) is 0 Å². The van der Waals surface area contributed by atoms with E-state index >= 15 is 0 Å². The number of ketones is 2. The fourth-order valence-corrected chi connectivity index (χ4v) is 6.44. The molecule has 1 rings (SSSR count). The van der Waals surface area contributed by atoms with Gasteiger partial charge in [-0.1, -0.05) is 109 Å². The van der Waals surface area contributed by atoms with Crippen LogP contribution in [0.5, 0.6) is 0 Å². The zero-order valence-electron chi connectivity index (χ0n) is 27.7. The predicted octanol–water partition coefficient (Wildman–Crippen LogP) is 8.67. The van der Waals surface area contributed by atoms with Gasteiger partial charge in [0.1, 0.15) is 11.9 Å². The second-order valence-electron chi connectivity index (χ2n) is 12.1. The van der Waals surface area contributed by atoms with E-state index in [9.17, 15) is 19.5 Å². The molecule has 1 N–H and O–H groups in total. The van der Waals surface area contributed by atoms with E-state index in [1.54, 1.807) is 34.6 Å². The molecule has 0 saturated heterocycles. The molecule has 0 spiro atoms. The first-order chi connectivity index (χ1) is 20.2. The van der Waals surface area contributed by atoms with E-state index in [2.05, 4.69) is 19.1 Å². The van der Waals surface area contributed by atoms with Gasteiger partial charge < -0.3 is 9.84 Å². The largest absolute Gasteiger partial charge is 0.454 e. The van der Waals surface area contributed by atoms with Gasteiger partial charge in [0.25, 0.3) is 0 Å². The first-order valence-corrected chi connectivity index (χ1v) is 18.2. The van der Waals surface area contributed by atoms with Crippen molar-refractivity contribution in [1.29, 1.82) is 0 Å². The minimum absolute atomic E-state index is 0.0169. The summed E-state index contributed by atoms with van der Waals surface area (Å²) >= 11 is 0. The highest BCUT2D eigenvalue weighted by atomic mass is 33.1. The summed E-state index contributed by atoms with van der Waals surface area (Å²) in [6.07, 6.45) is 21.2. The van der Waals surface area contributed by atoms with Crippen LogP contribution in [-0.4, -0.2) is 46.9 Å². The molecule has 0 fully saturated rings. The van der Waals surface area contributed by atoms with Crippen LogP contribution in [-0.2, 0) is 19.1 Å². The third kappa shape index (κ3) is 16.0.